The van der Waals surface area contributed by atoms with Crippen molar-refractivity contribution in [2.24, 2.45) is 0 Å². The molecule has 10 rings (SSSR count). The van der Waals surface area contributed by atoms with E-state index < -0.39 is 5.41 Å². The molecular weight excluding hydrogens is 639 g/mol. The topological polar surface area (TPSA) is 3.24 Å². The largest absolute Gasteiger partial charge is 0.310 e. The van der Waals surface area contributed by atoms with Crippen molar-refractivity contribution in [1.29, 1.82) is 0 Å². The Morgan fingerprint density at radius 3 is 1.53 bits per heavy atom. The molecule has 0 spiro atoms. The minimum absolute atomic E-state index is 0.0994. The van der Waals surface area contributed by atoms with Gasteiger partial charge in [-0.2, -0.15) is 0 Å². The summed E-state index contributed by atoms with van der Waals surface area (Å²) in [7, 11) is 0. The van der Waals surface area contributed by atoms with Crippen molar-refractivity contribution in [2.45, 2.75) is 24.7 Å². The Morgan fingerprint density at radius 1 is 0.340 bits per heavy atom. The second kappa shape index (κ2) is 12.1. The maximum absolute atomic E-state index is 2.44. The van der Waals surface area contributed by atoms with Crippen LogP contribution in [0.25, 0.3) is 33.4 Å². The lowest BCUT2D eigenvalue weighted by molar-refractivity contribution is 0.660. The molecule has 8 aromatic rings. The van der Waals surface area contributed by atoms with Gasteiger partial charge in [-0.1, -0.05) is 178 Å². The van der Waals surface area contributed by atoms with Crippen molar-refractivity contribution in [3.05, 3.63) is 234 Å². The van der Waals surface area contributed by atoms with Crippen LogP contribution in [0.5, 0.6) is 0 Å². The number of rotatable bonds is 6. The molecule has 0 fully saturated rings. The Morgan fingerprint density at radius 2 is 0.849 bits per heavy atom. The molecule has 0 bridgehead atoms. The first kappa shape index (κ1) is 31.3. The number of hydrogen-bond donors (Lipinski definition) is 0. The van der Waals surface area contributed by atoms with Crippen LogP contribution in [0.15, 0.2) is 200 Å². The third-order valence-corrected chi connectivity index (χ3v) is 11.8. The molecule has 0 atom stereocenters. The van der Waals surface area contributed by atoms with Gasteiger partial charge in [0.05, 0.1) is 11.1 Å². The maximum atomic E-state index is 2.44. The first-order valence-corrected chi connectivity index (χ1v) is 18.6. The normalized spacial score (nSPS) is 14.2. The number of nitrogens with zero attached hydrogens (tertiary/aromatic N) is 1. The molecular formula is C52H39N. The fourth-order valence-electron chi connectivity index (χ4n) is 9.38. The molecule has 8 aromatic carbocycles. The van der Waals surface area contributed by atoms with Crippen LogP contribution in [0.3, 0.4) is 0 Å². The van der Waals surface area contributed by atoms with Crippen LogP contribution >= 0.6 is 0 Å². The molecule has 2 aliphatic rings. The lowest BCUT2D eigenvalue weighted by Crippen LogP contribution is -2.28. The molecule has 0 aliphatic heterocycles. The number of para-hydroxylation sites is 2. The summed E-state index contributed by atoms with van der Waals surface area (Å²) in [6.07, 6.45) is 0. The minimum atomic E-state index is -0.459. The summed E-state index contributed by atoms with van der Waals surface area (Å²) in [6, 6.07) is 73.9. The van der Waals surface area contributed by atoms with Gasteiger partial charge in [0.1, 0.15) is 0 Å². The van der Waals surface area contributed by atoms with Crippen LogP contribution < -0.4 is 4.90 Å². The molecule has 0 aromatic heterocycles. The van der Waals surface area contributed by atoms with E-state index in [1.54, 1.807) is 0 Å². The molecule has 1 nitrogen and oxygen atoms in total. The van der Waals surface area contributed by atoms with Gasteiger partial charge in [-0.05, 0) is 97.6 Å². The van der Waals surface area contributed by atoms with Crippen molar-refractivity contribution in [2.75, 3.05) is 4.90 Å². The highest BCUT2D eigenvalue weighted by Crippen LogP contribution is 2.57. The quantitative estimate of drug-likeness (QED) is 0.169. The van der Waals surface area contributed by atoms with Crippen LogP contribution in [0.2, 0.25) is 0 Å². The number of benzene rings is 8. The first-order valence-electron chi connectivity index (χ1n) is 18.6. The van der Waals surface area contributed by atoms with Gasteiger partial charge in [0.2, 0.25) is 0 Å². The van der Waals surface area contributed by atoms with Crippen LogP contribution in [0.1, 0.15) is 47.2 Å². The van der Waals surface area contributed by atoms with E-state index in [0.29, 0.717) is 0 Å². The van der Waals surface area contributed by atoms with Crippen molar-refractivity contribution in [1.82, 2.24) is 0 Å². The van der Waals surface area contributed by atoms with Crippen LogP contribution in [-0.4, -0.2) is 0 Å². The number of anilines is 3. The highest BCUT2D eigenvalue weighted by atomic mass is 15.1. The zero-order valence-corrected chi connectivity index (χ0v) is 30.0. The van der Waals surface area contributed by atoms with Crippen LogP contribution in [-0.2, 0) is 10.8 Å². The van der Waals surface area contributed by atoms with Gasteiger partial charge >= 0.3 is 0 Å². The van der Waals surface area contributed by atoms with Crippen LogP contribution in [0.4, 0.5) is 17.1 Å². The molecule has 53 heavy (non-hydrogen) atoms. The first-order chi connectivity index (χ1) is 26.1. The SMILES string of the molecule is CC1(C)c2ccccc2-c2ccc(N(c3ccccc3)c3ccccc3-c3cccc(C4(c5ccccc5)c5ccccc5-c5ccccc54)c3)cc21. The molecule has 0 N–H and O–H groups in total. The van der Waals surface area contributed by atoms with Gasteiger partial charge in [0, 0.05) is 22.4 Å². The average molecular weight is 678 g/mol. The van der Waals surface area contributed by atoms with Gasteiger partial charge in [0.25, 0.3) is 0 Å². The summed E-state index contributed by atoms with van der Waals surface area (Å²) >= 11 is 0. The van der Waals surface area contributed by atoms with Gasteiger partial charge in [-0.25, -0.2) is 0 Å². The monoisotopic (exact) mass is 677 g/mol. The molecule has 0 unspecified atom stereocenters. The van der Waals surface area contributed by atoms with Gasteiger partial charge in [-0.3, -0.25) is 0 Å². The number of fused-ring (bicyclic) bond motifs is 6. The van der Waals surface area contributed by atoms with E-state index in [0.717, 1.165) is 17.1 Å². The van der Waals surface area contributed by atoms with E-state index in [-0.39, 0.29) is 5.41 Å². The molecule has 0 saturated heterocycles. The average Bonchev–Trinajstić information content (AvgIpc) is 3.65. The fourth-order valence-corrected chi connectivity index (χ4v) is 9.38. The van der Waals surface area contributed by atoms with E-state index >= 15 is 0 Å². The summed E-state index contributed by atoms with van der Waals surface area (Å²) in [5.41, 5.74) is 18.4. The molecule has 252 valence electrons. The summed E-state index contributed by atoms with van der Waals surface area (Å²) in [6.45, 7) is 4.71. The lowest BCUT2D eigenvalue weighted by Gasteiger charge is -2.34. The lowest BCUT2D eigenvalue weighted by atomic mass is 9.67. The predicted molar refractivity (Wildman–Crippen MR) is 221 cm³/mol. The second-order valence-corrected chi connectivity index (χ2v) is 14.9. The Hall–Kier alpha value is -6.44. The zero-order valence-electron chi connectivity index (χ0n) is 30.0. The third-order valence-electron chi connectivity index (χ3n) is 11.8. The molecule has 1 heteroatoms. The van der Waals surface area contributed by atoms with E-state index in [9.17, 15) is 0 Å². The molecule has 0 heterocycles. The van der Waals surface area contributed by atoms with E-state index in [2.05, 4.69) is 219 Å². The minimum Gasteiger partial charge on any atom is -0.310 e. The fraction of sp³-hybridized carbons (Fsp3) is 0.0769. The predicted octanol–water partition coefficient (Wildman–Crippen LogP) is 13.5. The summed E-state index contributed by atoms with van der Waals surface area (Å²) < 4.78 is 0. The van der Waals surface area contributed by atoms with E-state index in [4.69, 9.17) is 0 Å². The van der Waals surface area contributed by atoms with Crippen molar-refractivity contribution in [3.63, 3.8) is 0 Å². The van der Waals surface area contributed by atoms with Crippen molar-refractivity contribution < 1.29 is 0 Å². The summed E-state index contributed by atoms with van der Waals surface area (Å²) in [5.74, 6) is 0. The summed E-state index contributed by atoms with van der Waals surface area (Å²) in [4.78, 5) is 2.44. The molecule has 0 radical (unpaired) electrons. The Balaban J connectivity index is 1.18. The molecule has 2 aliphatic carbocycles. The highest BCUT2D eigenvalue weighted by molar-refractivity contribution is 5.92. The van der Waals surface area contributed by atoms with Gasteiger partial charge in [-0.15, -0.1) is 0 Å². The van der Waals surface area contributed by atoms with E-state index in [1.807, 2.05) is 0 Å². The molecule has 0 amide bonds. The maximum Gasteiger partial charge on any atom is 0.0713 e. The standard InChI is InChI=1S/C52H39N/c1-51(2)46-28-13-9-25-42(46)45-33-32-40(35-49(45)51)53(39-22-7-4-8-23-39)50-31-16-12-24-41(50)36-18-17-21-38(34-36)52(37-19-5-3-6-20-37)47-29-14-10-26-43(47)44-27-11-15-30-48(44)52/h3-35H,1-2H3. The van der Waals surface area contributed by atoms with Crippen LogP contribution in [0, 0.1) is 0 Å². The Kier molecular flexibility index (Phi) is 7.13. The van der Waals surface area contributed by atoms with Crippen molar-refractivity contribution in [3.8, 4) is 33.4 Å². The third kappa shape index (κ3) is 4.64. The molecule has 0 saturated carbocycles. The van der Waals surface area contributed by atoms with Gasteiger partial charge < -0.3 is 4.90 Å². The Bertz CT molecular complexity index is 2600. The van der Waals surface area contributed by atoms with Gasteiger partial charge in [0.15, 0.2) is 0 Å². The zero-order chi connectivity index (χ0) is 35.6. The number of hydrogen-bond acceptors (Lipinski definition) is 1. The highest BCUT2D eigenvalue weighted by Gasteiger charge is 2.46. The smallest absolute Gasteiger partial charge is 0.0713 e. The summed E-state index contributed by atoms with van der Waals surface area (Å²) in [5, 5.41) is 0. The van der Waals surface area contributed by atoms with Crippen molar-refractivity contribution >= 4 is 17.1 Å². The second-order valence-electron chi connectivity index (χ2n) is 14.9. The Labute approximate surface area is 312 Å². The van der Waals surface area contributed by atoms with E-state index in [1.165, 1.54) is 66.8 Å².